The zero-order valence-electron chi connectivity index (χ0n) is 9.69. The average Bonchev–Trinajstić information content (AvgIpc) is 2.76. The summed E-state index contributed by atoms with van der Waals surface area (Å²) in [5.74, 6) is 0. The van der Waals surface area contributed by atoms with Gasteiger partial charge in [-0.2, -0.15) is 17.0 Å². The summed E-state index contributed by atoms with van der Waals surface area (Å²) in [6.07, 6.45) is 0. The third kappa shape index (κ3) is 3.27. The molecular formula is C8H12ClN3O4S3. The van der Waals surface area contributed by atoms with Crippen LogP contribution in [0.5, 0.6) is 0 Å². The summed E-state index contributed by atoms with van der Waals surface area (Å²) < 4.78 is 49.6. The highest BCUT2D eigenvalue weighted by atomic mass is 35.5. The van der Waals surface area contributed by atoms with E-state index in [-0.39, 0.29) is 30.4 Å². The second-order valence-electron chi connectivity index (χ2n) is 3.91. The Morgan fingerprint density at radius 2 is 1.58 bits per heavy atom. The molecule has 1 aliphatic heterocycles. The molecule has 11 heteroatoms. The van der Waals surface area contributed by atoms with Crippen LogP contribution in [0.15, 0.2) is 16.3 Å². The fraction of sp³-hybridized carbons (Fsp3) is 0.500. The molecule has 0 amide bonds. The van der Waals surface area contributed by atoms with Crippen molar-refractivity contribution in [3.05, 3.63) is 16.5 Å². The van der Waals surface area contributed by atoms with Gasteiger partial charge in [0.15, 0.2) is 0 Å². The van der Waals surface area contributed by atoms with Crippen LogP contribution in [0, 0.1) is 0 Å². The lowest BCUT2D eigenvalue weighted by molar-refractivity contribution is 0.273. The van der Waals surface area contributed by atoms with Gasteiger partial charge in [0.1, 0.15) is 4.21 Å². The molecule has 7 nitrogen and oxygen atoms in total. The van der Waals surface area contributed by atoms with Crippen molar-refractivity contribution in [2.45, 2.75) is 4.21 Å². The summed E-state index contributed by atoms with van der Waals surface area (Å²) in [5.41, 5.74) is 0. The van der Waals surface area contributed by atoms with Crippen molar-refractivity contribution >= 4 is 43.2 Å². The Morgan fingerprint density at radius 1 is 1.05 bits per heavy atom. The van der Waals surface area contributed by atoms with Gasteiger partial charge in [0.2, 0.25) is 0 Å². The van der Waals surface area contributed by atoms with E-state index in [1.807, 2.05) is 0 Å². The SMILES string of the molecule is NS(=O)(=O)N1CCN(S(=O)(=O)c2ccc(Cl)s2)CC1. The Morgan fingerprint density at radius 3 is 2.00 bits per heavy atom. The van der Waals surface area contributed by atoms with E-state index in [1.165, 1.54) is 16.4 Å². The van der Waals surface area contributed by atoms with Crippen LogP contribution in [-0.4, -0.2) is 51.6 Å². The summed E-state index contributed by atoms with van der Waals surface area (Å²) in [4.78, 5) is 0. The van der Waals surface area contributed by atoms with Gasteiger partial charge in [0.25, 0.3) is 20.2 Å². The quantitative estimate of drug-likeness (QED) is 0.827. The van der Waals surface area contributed by atoms with E-state index in [0.29, 0.717) is 4.34 Å². The molecule has 108 valence electrons. The lowest BCUT2D eigenvalue weighted by atomic mass is 10.4. The molecule has 2 N–H and O–H groups in total. The van der Waals surface area contributed by atoms with Crippen LogP contribution in [0.25, 0.3) is 0 Å². The van der Waals surface area contributed by atoms with Gasteiger partial charge in [-0.05, 0) is 12.1 Å². The van der Waals surface area contributed by atoms with Crippen LogP contribution in [-0.2, 0) is 20.2 Å². The largest absolute Gasteiger partial charge is 0.276 e. The van der Waals surface area contributed by atoms with E-state index >= 15 is 0 Å². The predicted octanol–water partition coefficient (Wildman–Crippen LogP) is -0.0887. The molecule has 2 heterocycles. The van der Waals surface area contributed by atoms with Gasteiger partial charge in [-0.25, -0.2) is 13.6 Å². The average molecular weight is 346 g/mol. The molecule has 0 atom stereocenters. The number of sulfonamides is 1. The minimum atomic E-state index is -3.76. The Bertz CT molecular complexity index is 661. The van der Waals surface area contributed by atoms with E-state index < -0.39 is 20.2 Å². The fourth-order valence-corrected chi connectivity index (χ4v) is 5.46. The maximum absolute atomic E-state index is 12.2. The molecule has 0 unspecified atom stereocenters. The molecule has 1 aliphatic rings. The van der Waals surface area contributed by atoms with Crippen molar-refractivity contribution < 1.29 is 16.8 Å². The normalized spacial score (nSPS) is 19.7. The number of hydrogen-bond acceptors (Lipinski definition) is 5. The van der Waals surface area contributed by atoms with Gasteiger partial charge < -0.3 is 0 Å². The highest BCUT2D eigenvalue weighted by Gasteiger charge is 2.32. The lowest BCUT2D eigenvalue weighted by Gasteiger charge is -2.31. The highest BCUT2D eigenvalue weighted by molar-refractivity contribution is 7.91. The molecule has 1 fully saturated rings. The van der Waals surface area contributed by atoms with E-state index in [0.717, 1.165) is 15.6 Å². The maximum atomic E-state index is 12.2. The second kappa shape index (κ2) is 5.28. The topological polar surface area (TPSA) is 101 Å². The molecule has 0 spiro atoms. The number of piperazine rings is 1. The molecular weight excluding hydrogens is 334 g/mol. The van der Waals surface area contributed by atoms with Gasteiger partial charge in [-0.1, -0.05) is 11.6 Å². The molecule has 0 aliphatic carbocycles. The summed E-state index contributed by atoms with van der Waals surface area (Å²) >= 11 is 6.69. The van der Waals surface area contributed by atoms with Crippen molar-refractivity contribution in [3.8, 4) is 0 Å². The summed E-state index contributed by atoms with van der Waals surface area (Å²) in [6.45, 7) is 0.261. The van der Waals surface area contributed by atoms with Crippen molar-refractivity contribution in [1.82, 2.24) is 8.61 Å². The van der Waals surface area contributed by atoms with Gasteiger partial charge >= 0.3 is 0 Å². The molecule has 0 bridgehead atoms. The van der Waals surface area contributed by atoms with Crippen molar-refractivity contribution in [2.75, 3.05) is 26.2 Å². The van der Waals surface area contributed by atoms with Crippen molar-refractivity contribution in [3.63, 3.8) is 0 Å². The molecule has 0 radical (unpaired) electrons. The van der Waals surface area contributed by atoms with E-state index in [1.54, 1.807) is 0 Å². The molecule has 1 saturated heterocycles. The van der Waals surface area contributed by atoms with Gasteiger partial charge in [0.05, 0.1) is 4.34 Å². The Balaban J connectivity index is 2.14. The zero-order valence-corrected chi connectivity index (χ0v) is 12.9. The van der Waals surface area contributed by atoms with Crippen LogP contribution in [0.3, 0.4) is 0 Å². The van der Waals surface area contributed by atoms with Crippen LogP contribution in [0.4, 0.5) is 0 Å². The predicted molar refractivity (Wildman–Crippen MR) is 72.8 cm³/mol. The summed E-state index contributed by atoms with van der Waals surface area (Å²) in [6, 6.07) is 2.95. The fourth-order valence-electron chi connectivity index (χ4n) is 1.73. The highest BCUT2D eigenvalue weighted by Crippen LogP contribution is 2.28. The minimum absolute atomic E-state index is 0.0527. The molecule has 2 rings (SSSR count). The van der Waals surface area contributed by atoms with E-state index in [2.05, 4.69) is 0 Å². The summed E-state index contributed by atoms with van der Waals surface area (Å²) in [5, 5.41) is 4.99. The Hall–Kier alpha value is -0.230. The molecule has 0 aromatic carbocycles. The zero-order chi connectivity index (χ0) is 14.3. The molecule has 1 aromatic rings. The number of halogens is 1. The van der Waals surface area contributed by atoms with Gasteiger partial charge in [-0.3, -0.25) is 0 Å². The number of rotatable bonds is 3. The third-order valence-corrected chi connectivity index (χ3v) is 7.38. The van der Waals surface area contributed by atoms with Crippen LogP contribution >= 0.6 is 22.9 Å². The first-order chi connectivity index (χ1) is 8.71. The summed E-state index contributed by atoms with van der Waals surface area (Å²) in [7, 11) is -7.37. The van der Waals surface area contributed by atoms with Crippen molar-refractivity contribution in [1.29, 1.82) is 0 Å². The first-order valence-corrected chi connectivity index (χ1v) is 9.38. The Kier molecular flexibility index (Phi) is 4.21. The van der Waals surface area contributed by atoms with Gasteiger partial charge in [-0.15, -0.1) is 11.3 Å². The second-order valence-corrected chi connectivity index (χ2v) is 9.33. The first-order valence-electron chi connectivity index (χ1n) is 5.24. The lowest BCUT2D eigenvalue weighted by Crippen LogP contribution is -2.52. The minimum Gasteiger partial charge on any atom is -0.216 e. The van der Waals surface area contributed by atoms with Gasteiger partial charge in [0, 0.05) is 26.2 Å². The van der Waals surface area contributed by atoms with Crippen LogP contribution in [0.2, 0.25) is 4.34 Å². The third-order valence-electron chi connectivity index (χ3n) is 2.70. The molecule has 1 aromatic heterocycles. The first kappa shape index (κ1) is 15.2. The van der Waals surface area contributed by atoms with E-state index in [4.69, 9.17) is 16.7 Å². The number of thiophene rings is 1. The smallest absolute Gasteiger partial charge is 0.216 e. The molecule has 0 saturated carbocycles. The van der Waals surface area contributed by atoms with E-state index in [9.17, 15) is 16.8 Å². The van der Waals surface area contributed by atoms with Crippen molar-refractivity contribution in [2.24, 2.45) is 5.14 Å². The number of nitrogens with zero attached hydrogens (tertiary/aromatic N) is 2. The maximum Gasteiger partial charge on any atom is 0.276 e. The monoisotopic (exact) mass is 345 g/mol. The molecule has 19 heavy (non-hydrogen) atoms. The number of nitrogens with two attached hydrogens (primary N) is 1. The Labute approximate surface area is 120 Å². The van der Waals surface area contributed by atoms with Crippen LogP contribution in [0.1, 0.15) is 0 Å². The number of hydrogen-bond donors (Lipinski definition) is 1. The van der Waals surface area contributed by atoms with Crippen LogP contribution < -0.4 is 5.14 Å². The standard InChI is InChI=1S/C8H12ClN3O4S3/c9-7-1-2-8(17-7)18(13,14)11-3-5-12(6-4-11)19(10,15)16/h1-2H,3-6H2,(H2,10,15,16).